The van der Waals surface area contributed by atoms with Crippen LogP contribution in [0.1, 0.15) is 22.3 Å². The van der Waals surface area contributed by atoms with E-state index >= 15 is 0 Å². The summed E-state index contributed by atoms with van der Waals surface area (Å²) in [5, 5.41) is 16.5. The summed E-state index contributed by atoms with van der Waals surface area (Å²) in [6.45, 7) is 2.83. The molecular formula is C21H23N5O4. The van der Waals surface area contributed by atoms with Crippen molar-refractivity contribution in [3.63, 3.8) is 0 Å². The van der Waals surface area contributed by atoms with Crippen molar-refractivity contribution < 1.29 is 19.4 Å². The molecule has 0 spiro atoms. The van der Waals surface area contributed by atoms with Gasteiger partial charge in [-0.2, -0.15) is 5.10 Å². The summed E-state index contributed by atoms with van der Waals surface area (Å²) in [6, 6.07) is 5.73. The Kier molecular flexibility index (Phi) is 4.97. The van der Waals surface area contributed by atoms with Crippen molar-refractivity contribution in [2.75, 3.05) is 43.1 Å². The first kappa shape index (κ1) is 18.8. The number of nitrogens with zero attached hydrogens (tertiary/aromatic N) is 4. The lowest BCUT2D eigenvalue weighted by molar-refractivity contribution is 0.102. The Morgan fingerprint density at radius 1 is 1.30 bits per heavy atom. The van der Waals surface area contributed by atoms with Gasteiger partial charge in [0, 0.05) is 56.6 Å². The van der Waals surface area contributed by atoms with Gasteiger partial charge in [0.25, 0.3) is 5.91 Å². The summed E-state index contributed by atoms with van der Waals surface area (Å²) in [5.41, 5.74) is 3.58. The van der Waals surface area contributed by atoms with E-state index in [9.17, 15) is 9.90 Å². The van der Waals surface area contributed by atoms with Crippen LogP contribution in [0.25, 0.3) is 5.65 Å². The average molecular weight is 409 g/mol. The van der Waals surface area contributed by atoms with Gasteiger partial charge < -0.3 is 24.8 Å². The SMILES string of the molecule is O=C(Nc1cc2c(cc1N1CCOCC1)OC(CCO)C2)c1cnn2cccnc12. The third-order valence-electron chi connectivity index (χ3n) is 5.50. The molecule has 5 rings (SSSR count). The fourth-order valence-electron chi connectivity index (χ4n) is 4.00. The number of carbonyl (C=O) groups is 1. The van der Waals surface area contributed by atoms with Crippen molar-refractivity contribution in [2.24, 2.45) is 0 Å². The van der Waals surface area contributed by atoms with E-state index in [1.807, 2.05) is 12.1 Å². The standard InChI is InChI=1S/C21H23N5O4/c27-7-2-15-10-14-11-17(18(12-19(14)30-15)25-5-8-29-9-6-25)24-21(28)16-13-23-26-4-1-3-22-20(16)26/h1,3-4,11-13,15,27H,2,5-10H2,(H,24,28). The fraction of sp³-hybridized carbons (Fsp3) is 0.381. The molecule has 4 heterocycles. The van der Waals surface area contributed by atoms with Crippen molar-refractivity contribution in [3.05, 3.63) is 47.9 Å². The highest BCUT2D eigenvalue weighted by Crippen LogP contribution is 2.39. The van der Waals surface area contributed by atoms with Gasteiger partial charge in [-0.05, 0) is 12.1 Å². The van der Waals surface area contributed by atoms with Crippen molar-refractivity contribution in [3.8, 4) is 5.75 Å². The van der Waals surface area contributed by atoms with E-state index in [1.165, 1.54) is 6.20 Å². The highest BCUT2D eigenvalue weighted by molar-refractivity contribution is 6.09. The molecule has 1 aromatic carbocycles. The van der Waals surface area contributed by atoms with Gasteiger partial charge in [-0.1, -0.05) is 0 Å². The molecule has 0 aliphatic carbocycles. The van der Waals surface area contributed by atoms with E-state index in [-0.39, 0.29) is 18.6 Å². The van der Waals surface area contributed by atoms with Crippen LogP contribution >= 0.6 is 0 Å². The molecular weight excluding hydrogens is 386 g/mol. The van der Waals surface area contributed by atoms with Crippen molar-refractivity contribution in [1.29, 1.82) is 0 Å². The van der Waals surface area contributed by atoms with E-state index in [0.717, 1.165) is 35.8 Å². The largest absolute Gasteiger partial charge is 0.490 e. The third-order valence-corrected chi connectivity index (χ3v) is 5.50. The number of carbonyl (C=O) groups excluding carboxylic acids is 1. The molecule has 2 aromatic heterocycles. The van der Waals surface area contributed by atoms with Crippen LogP contribution in [0.3, 0.4) is 0 Å². The lowest BCUT2D eigenvalue weighted by Gasteiger charge is -2.31. The Morgan fingerprint density at radius 3 is 3.00 bits per heavy atom. The number of morpholine rings is 1. The monoisotopic (exact) mass is 409 g/mol. The van der Waals surface area contributed by atoms with Gasteiger partial charge in [-0.15, -0.1) is 0 Å². The first-order valence-corrected chi connectivity index (χ1v) is 10.1. The number of hydrogen-bond donors (Lipinski definition) is 2. The number of benzene rings is 1. The van der Waals surface area contributed by atoms with Crippen LogP contribution in [0, 0.1) is 0 Å². The predicted octanol–water partition coefficient (Wildman–Crippen LogP) is 1.50. The lowest BCUT2D eigenvalue weighted by Crippen LogP contribution is -2.36. The molecule has 2 aliphatic heterocycles. The summed E-state index contributed by atoms with van der Waals surface area (Å²) >= 11 is 0. The second kappa shape index (κ2) is 7.92. The highest BCUT2D eigenvalue weighted by atomic mass is 16.5. The van der Waals surface area contributed by atoms with Crippen LogP contribution in [0.15, 0.2) is 36.8 Å². The molecule has 156 valence electrons. The zero-order chi connectivity index (χ0) is 20.5. The van der Waals surface area contributed by atoms with Gasteiger partial charge in [0.1, 0.15) is 17.4 Å². The molecule has 1 unspecified atom stereocenters. The van der Waals surface area contributed by atoms with Gasteiger partial charge in [0.15, 0.2) is 5.65 Å². The molecule has 30 heavy (non-hydrogen) atoms. The van der Waals surface area contributed by atoms with E-state index in [0.29, 0.717) is 37.3 Å². The molecule has 1 amide bonds. The quantitative estimate of drug-likeness (QED) is 0.659. The topological polar surface area (TPSA) is 101 Å². The number of rotatable bonds is 5. The summed E-state index contributed by atoms with van der Waals surface area (Å²) < 4.78 is 13.1. The number of ether oxygens (including phenoxy) is 2. The maximum Gasteiger partial charge on any atom is 0.261 e. The second-order valence-electron chi connectivity index (χ2n) is 7.43. The van der Waals surface area contributed by atoms with Gasteiger partial charge in [0.05, 0.1) is 30.8 Å². The van der Waals surface area contributed by atoms with E-state index in [2.05, 4.69) is 20.3 Å². The normalized spacial score (nSPS) is 18.3. The first-order chi connectivity index (χ1) is 14.7. The molecule has 2 N–H and O–H groups in total. The Bertz CT molecular complexity index is 1080. The highest BCUT2D eigenvalue weighted by Gasteiger charge is 2.27. The molecule has 0 radical (unpaired) electrons. The molecule has 0 bridgehead atoms. The minimum absolute atomic E-state index is 0.0442. The smallest absolute Gasteiger partial charge is 0.261 e. The number of fused-ring (bicyclic) bond motifs is 2. The number of aliphatic hydroxyl groups is 1. The number of anilines is 2. The zero-order valence-corrected chi connectivity index (χ0v) is 16.5. The minimum atomic E-state index is -0.260. The molecule has 1 saturated heterocycles. The van der Waals surface area contributed by atoms with Crippen molar-refractivity contribution in [1.82, 2.24) is 14.6 Å². The molecule has 1 atom stereocenters. The summed E-state index contributed by atoms with van der Waals surface area (Å²) in [7, 11) is 0. The fourth-order valence-corrected chi connectivity index (χ4v) is 4.00. The minimum Gasteiger partial charge on any atom is -0.490 e. The van der Waals surface area contributed by atoms with Crippen LogP contribution < -0.4 is 15.0 Å². The number of hydrogen-bond acceptors (Lipinski definition) is 7. The van der Waals surface area contributed by atoms with Crippen molar-refractivity contribution in [2.45, 2.75) is 18.9 Å². The molecule has 9 nitrogen and oxygen atoms in total. The van der Waals surface area contributed by atoms with E-state index in [4.69, 9.17) is 9.47 Å². The summed E-state index contributed by atoms with van der Waals surface area (Å²) in [6.07, 6.45) is 6.17. The van der Waals surface area contributed by atoms with Crippen LogP contribution in [0.4, 0.5) is 11.4 Å². The van der Waals surface area contributed by atoms with E-state index < -0.39 is 0 Å². The number of nitrogens with one attached hydrogen (secondary N) is 1. The van der Waals surface area contributed by atoms with Gasteiger partial charge in [-0.3, -0.25) is 4.79 Å². The summed E-state index contributed by atoms with van der Waals surface area (Å²) in [5.74, 6) is 0.551. The van der Waals surface area contributed by atoms with Crippen LogP contribution in [-0.2, 0) is 11.2 Å². The number of aliphatic hydroxyl groups excluding tert-OH is 1. The predicted molar refractivity (Wildman–Crippen MR) is 110 cm³/mol. The van der Waals surface area contributed by atoms with Gasteiger partial charge in [-0.25, -0.2) is 9.50 Å². The van der Waals surface area contributed by atoms with E-state index in [1.54, 1.807) is 23.0 Å². The first-order valence-electron chi connectivity index (χ1n) is 10.1. The average Bonchev–Trinajstić information content (AvgIpc) is 3.37. The maximum absolute atomic E-state index is 13.1. The molecule has 3 aromatic rings. The Balaban J connectivity index is 1.48. The number of aromatic nitrogens is 3. The van der Waals surface area contributed by atoms with Crippen LogP contribution in [0.2, 0.25) is 0 Å². The second-order valence-corrected chi connectivity index (χ2v) is 7.43. The zero-order valence-electron chi connectivity index (χ0n) is 16.5. The summed E-state index contributed by atoms with van der Waals surface area (Å²) in [4.78, 5) is 19.5. The Morgan fingerprint density at radius 2 is 2.17 bits per heavy atom. The number of amides is 1. The Labute approximate surface area is 173 Å². The maximum atomic E-state index is 13.1. The third kappa shape index (κ3) is 3.46. The lowest BCUT2D eigenvalue weighted by atomic mass is 10.1. The van der Waals surface area contributed by atoms with Crippen LogP contribution in [0.5, 0.6) is 5.75 Å². The van der Waals surface area contributed by atoms with Gasteiger partial charge in [0.2, 0.25) is 0 Å². The molecule has 2 aliphatic rings. The van der Waals surface area contributed by atoms with Crippen LogP contribution in [-0.4, -0.2) is 64.6 Å². The van der Waals surface area contributed by atoms with Crippen molar-refractivity contribution >= 4 is 22.9 Å². The molecule has 0 saturated carbocycles. The Hall–Kier alpha value is -3.17. The van der Waals surface area contributed by atoms with Gasteiger partial charge >= 0.3 is 0 Å². The molecule has 9 heteroatoms. The molecule has 1 fully saturated rings.